The first kappa shape index (κ1) is 18.0. The lowest BCUT2D eigenvalue weighted by Gasteiger charge is -2.10. The molecule has 0 aromatic heterocycles. The lowest BCUT2D eigenvalue weighted by molar-refractivity contribution is -0.136. The van der Waals surface area contributed by atoms with Crippen molar-refractivity contribution < 1.29 is 14.7 Å². The Morgan fingerprint density at radius 1 is 1.12 bits per heavy atom. The Kier molecular flexibility index (Phi) is 5.73. The second-order valence-corrected chi connectivity index (χ2v) is 5.61. The summed E-state index contributed by atoms with van der Waals surface area (Å²) in [6, 6.07) is 12.0. The number of hydrogen-bond donors (Lipinski definition) is 5. The third kappa shape index (κ3) is 5.35. The molecule has 0 aliphatic heterocycles. The van der Waals surface area contributed by atoms with Gasteiger partial charge in [0.25, 0.3) is 5.91 Å². The molecule has 2 aromatic rings. The number of hydrogen-bond acceptors (Lipinski definition) is 3. The highest BCUT2D eigenvalue weighted by Gasteiger charge is 2.09. The van der Waals surface area contributed by atoms with Gasteiger partial charge in [0.15, 0.2) is 5.96 Å². The van der Waals surface area contributed by atoms with Crippen LogP contribution in [0.25, 0.3) is 0 Å². The number of carbonyl (C=O) groups excluding carboxylic acids is 1. The average molecular weight is 340 g/mol. The number of carbonyl (C=O) groups is 2. The van der Waals surface area contributed by atoms with E-state index in [1.807, 2.05) is 19.1 Å². The minimum absolute atomic E-state index is 0.0719. The number of nitrogens with one attached hydrogen (secondary N) is 3. The SMILES string of the molecule is Cc1cc(NC(=O)c2cccc(NC(=N)N)c2)ccc1CCC(=O)O. The third-order valence-corrected chi connectivity index (χ3v) is 3.61. The highest BCUT2D eigenvalue weighted by Crippen LogP contribution is 2.18. The van der Waals surface area contributed by atoms with Crippen molar-refractivity contribution in [1.29, 1.82) is 5.41 Å². The Bertz CT molecular complexity index is 818. The van der Waals surface area contributed by atoms with Gasteiger partial charge in [-0.2, -0.15) is 0 Å². The molecule has 7 nitrogen and oxygen atoms in total. The summed E-state index contributed by atoms with van der Waals surface area (Å²) in [6.07, 6.45) is 0.524. The van der Waals surface area contributed by atoms with Crippen LogP contribution >= 0.6 is 0 Å². The molecule has 0 fully saturated rings. The number of rotatable bonds is 6. The zero-order valence-corrected chi connectivity index (χ0v) is 13.8. The number of nitrogens with two attached hydrogens (primary N) is 1. The predicted octanol–water partition coefficient (Wildman–Crippen LogP) is 2.57. The summed E-state index contributed by atoms with van der Waals surface area (Å²) >= 11 is 0. The maximum atomic E-state index is 12.4. The molecule has 7 heteroatoms. The van der Waals surface area contributed by atoms with Crippen molar-refractivity contribution in [3.63, 3.8) is 0 Å². The molecule has 2 rings (SSSR count). The molecular weight excluding hydrogens is 320 g/mol. The molecule has 130 valence electrons. The summed E-state index contributed by atoms with van der Waals surface area (Å²) in [5.41, 5.74) is 8.76. The lowest BCUT2D eigenvalue weighted by atomic mass is 10.0. The minimum Gasteiger partial charge on any atom is -0.481 e. The Hall–Kier alpha value is -3.35. The van der Waals surface area contributed by atoms with Crippen LogP contribution in [0.15, 0.2) is 42.5 Å². The van der Waals surface area contributed by atoms with E-state index in [-0.39, 0.29) is 18.3 Å². The lowest BCUT2D eigenvalue weighted by Crippen LogP contribution is -2.20. The van der Waals surface area contributed by atoms with Gasteiger partial charge in [-0.15, -0.1) is 0 Å². The van der Waals surface area contributed by atoms with Crippen molar-refractivity contribution in [1.82, 2.24) is 0 Å². The van der Waals surface area contributed by atoms with E-state index in [1.54, 1.807) is 30.3 Å². The van der Waals surface area contributed by atoms with Gasteiger partial charge in [-0.1, -0.05) is 12.1 Å². The molecule has 1 amide bonds. The number of guanidine groups is 1. The maximum absolute atomic E-state index is 12.4. The predicted molar refractivity (Wildman–Crippen MR) is 97.1 cm³/mol. The zero-order chi connectivity index (χ0) is 18.4. The van der Waals surface area contributed by atoms with Gasteiger partial charge in [-0.05, 0) is 54.8 Å². The van der Waals surface area contributed by atoms with E-state index in [1.165, 1.54) is 0 Å². The summed E-state index contributed by atoms with van der Waals surface area (Å²) in [6.45, 7) is 1.88. The van der Waals surface area contributed by atoms with Gasteiger partial charge in [0.2, 0.25) is 0 Å². The van der Waals surface area contributed by atoms with Crippen molar-refractivity contribution in [3.8, 4) is 0 Å². The first-order valence-electron chi connectivity index (χ1n) is 7.69. The van der Waals surface area contributed by atoms with Crippen LogP contribution in [0.4, 0.5) is 11.4 Å². The highest BCUT2D eigenvalue weighted by molar-refractivity contribution is 6.05. The topological polar surface area (TPSA) is 128 Å². The Morgan fingerprint density at radius 3 is 2.48 bits per heavy atom. The summed E-state index contributed by atoms with van der Waals surface area (Å²) in [5, 5.41) is 21.4. The van der Waals surface area contributed by atoms with Crippen LogP contribution in [0, 0.1) is 12.3 Å². The van der Waals surface area contributed by atoms with Crippen molar-refractivity contribution in [2.24, 2.45) is 5.73 Å². The van der Waals surface area contributed by atoms with Crippen molar-refractivity contribution in [2.75, 3.05) is 10.6 Å². The normalized spacial score (nSPS) is 10.1. The number of aryl methyl sites for hydroxylation is 2. The van der Waals surface area contributed by atoms with Crippen LogP contribution in [0.2, 0.25) is 0 Å². The summed E-state index contributed by atoms with van der Waals surface area (Å²) in [7, 11) is 0. The fraction of sp³-hybridized carbons (Fsp3) is 0.167. The molecule has 0 atom stereocenters. The number of carboxylic acids is 1. The highest BCUT2D eigenvalue weighted by atomic mass is 16.4. The van der Waals surface area contributed by atoms with Gasteiger partial charge in [0.1, 0.15) is 0 Å². The van der Waals surface area contributed by atoms with E-state index in [4.69, 9.17) is 16.2 Å². The molecule has 0 aliphatic rings. The number of aliphatic carboxylic acids is 1. The molecule has 0 aliphatic carbocycles. The number of benzene rings is 2. The molecule has 0 spiro atoms. The van der Waals surface area contributed by atoms with Crippen molar-refractivity contribution in [2.45, 2.75) is 19.8 Å². The molecule has 2 aromatic carbocycles. The van der Waals surface area contributed by atoms with E-state index < -0.39 is 5.97 Å². The number of anilines is 2. The fourth-order valence-corrected chi connectivity index (χ4v) is 2.39. The smallest absolute Gasteiger partial charge is 0.303 e. The Balaban J connectivity index is 2.09. The van der Waals surface area contributed by atoms with Gasteiger partial charge in [0.05, 0.1) is 0 Å². The third-order valence-electron chi connectivity index (χ3n) is 3.61. The fourth-order valence-electron chi connectivity index (χ4n) is 2.39. The van der Waals surface area contributed by atoms with Crippen LogP contribution in [-0.4, -0.2) is 22.9 Å². The van der Waals surface area contributed by atoms with Crippen LogP contribution in [0.3, 0.4) is 0 Å². The molecule has 0 heterocycles. The van der Waals surface area contributed by atoms with E-state index in [0.29, 0.717) is 23.4 Å². The van der Waals surface area contributed by atoms with E-state index >= 15 is 0 Å². The van der Waals surface area contributed by atoms with E-state index in [9.17, 15) is 9.59 Å². The first-order chi connectivity index (χ1) is 11.8. The second-order valence-electron chi connectivity index (χ2n) is 5.61. The molecular formula is C18H20N4O3. The monoisotopic (exact) mass is 340 g/mol. The molecule has 25 heavy (non-hydrogen) atoms. The van der Waals surface area contributed by atoms with E-state index in [0.717, 1.165) is 11.1 Å². The number of carboxylic acid groups (broad SMARTS) is 1. The van der Waals surface area contributed by atoms with Gasteiger partial charge < -0.3 is 21.5 Å². The van der Waals surface area contributed by atoms with Crippen LogP contribution in [0.1, 0.15) is 27.9 Å². The molecule has 6 N–H and O–H groups in total. The Morgan fingerprint density at radius 2 is 1.84 bits per heavy atom. The summed E-state index contributed by atoms with van der Waals surface area (Å²) < 4.78 is 0. The van der Waals surface area contributed by atoms with Gasteiger partial charge in [-0.3, -0.25) is 15.0 Å². The summed E-state index contributed by atoms with van der Waals surface area (Å²) in [5.74, 6) is -1.33. The Labute approximate surface area is 145 Å². The van der Waals surface area contributed by atoms with Gasteiger partial charge in [0, 0.05) is 23.4 Å². The maximum Gasteiger partial charge on any atom is 0.303 e. The van der Waals surface area contributed by atoms with Crippen molar-refractivity contribution in [3.05, 3.63) is 59.2 Å². The zero-order valence-electron chi connectivity index (χ0n) is 13.8. The standard InChI is InChI=1S/C18H20N4O3/c1-11-9-15(7-5-12(11)6-8-16(23)24)21-17(25)13-3-2-4-14(10-13)22-18(19)20/h2-5,7,9-10H,6,8H2,1H3,(H,21,25)(H,23,24)(H4,19,20,22). The molecule has 0 saturated carbocycles. The summed E-state index contributed by atoms with van der Waals surface area (Å²) in [4.78, 5) is 23.0. The quantitative estimate of drug-likeness (QED) is 0.408. The average Bonchev–Trinajstić information content (AvgIpc) is 2.53. The van der Waals surface area contributed by atoms with Crippen LogP contribution < -0.4 is 16.4 Å². The second kappa shape index (κ2) is 7.96. The molecule has 0 unspecified atom stereocenters. The van der Waals surface area contributed by atoms with Gasteiger partial charge >= 0.3 is 5.97 Å². The van der Waals surface area contributed by atoms with Crippen molar-refractivity contribution >= 4 is 29.2 Å². The molecule has 0 radical (unpaired) electrons. The minimum atomic E-state index is -0.837. The van der Waals surface area contributed by atoms with E-state index in [2.05, 4.69) is 10.6 Å². The van der Waals surface area contributed by atoms with Crippen LogP contribution in [-0.2, 0) is 11.2 Å². The largest absolute Gasteiger partial charge is 0.481 e. The van der Waals surface area contributed by atoms with Gasteiger partial charge in [-0.25, -0.2) is 0 Å². The molecule has 0 saturated heterocycles. The number of amides is 1. The first-order valence-corrected chi connectivity index (χ1v) is 7.69. The molecule has 0 bridgehead atoms. The van der Waals surface area contributed by atoms with Crippen LogP contribution in [0.5, 0.6) is 0 Å².